The lowest BCUT2D eigenvalue weighted by Crippen LogP contribution is -2.47. The zero-order chi connectivity index (χ0) is 16.7. The molecule has 1 unspecified atom stereocenters. The van der Waals surface area contributed by atoms with Crippen LogP contribution in [0.25, 0.3) is 10.4 Å². The second-order valence-corrected chi connectivity index (χ2v) is 4.85. The molecule has 0 spiro atoms. The monoisotopic (exact) mass is 316 g/mol. The SMILES string of the molecule is C/C=C\C=NC1=NCC(O)(c2ccc(F)cc2)N1CCN=[N+]=[N-]. The van der Waals surface area contributed by atoms with E-state index in [1.165, 1.54) is 24.3 Å². The number of azide groups is 1. The van der Waals surface area contributed by atoms with Crippen molar-refractivity contribution in [2.45, 2.75) is 12.6 Å². The van der Waals surface area contributed by atoms with E-state index in [1.54, 1.807) is 17.2 Å². The van der Waals surface area contributed by atoms with Gasteiger partial charge in [-0.15, -0.1) is 0 Å². The Morgan fingerprint density at radius 1 is 1.48 bits per heavy atom. The topological polar surface area (TPSA) is 97.0 Å². The largest absolute Gasteiger partial charge is 0.365 e. The highest BCUT2D eigenvalue weighted by atomic mass is 19.1. The van der Waals surface area contributed by atoms with E-state index in [1.807, 2.05) is 13.0 Å². The summed E-state index contributed by atoms with van der Waals surface area (Å²) >= 11 is 0. The molecule has 7 nitrogen and oxygen atoms in total. The van der Waals surface area contributed by atoms with Crippen molar-refractivity contribution in [2.75, 3.05) is 19.6 Å². The molecule has 0 saturated carbocycles. The van der Waals surface area contributed by atoms with Gasteiger partial charge in [0, 0.05) is 29.8 Å². The predicted molar refractivity (Wildman–Crippen MR) is 86.6 cm³/mol. The van der Waals surface area contributed by atoms with Gasteiger partial charge in [0.05, 0.1) is 6.54 Å². The molecule has 0 fully saturated rings. The number of benzene rings is 1. The lowest BCUT2D eigenvalue weighted by atomic mass is 10.0. The van der Waals surface area contributed by atoms with Crippen LogP contribution in [0.15, 0.2) is 51.5 Å². The van der Waals surface area contributed by atoms with Crippen molar-refractivity contribution in [2.24, 2.45) is 15.1 Å². The van der Waals surface area contributed by atoms with Crippen molar-refractivity contribution in [3.63, 3.8) is 0 Å². The van der Waals surface area contributed by atoms with Crippen molar-refractivity contribution < 1.29 is 9.50 Å². The van der Waals surface area contributed by atoms with Gasteiger partial charge in [0.1, 0.15) is 5.82 Å². The highest BCUT2D eigenvalue weighted by Gasteiger charge is 2.42. The van der Waals surface area contributed by atoms with E-state index in [9.17, 15) is 9.50 Å². The van der Waals surface area contributed by atoms with Crippen LogP contribution in [-0.2, 0) is 5.72 Å². The average molecular weight is 316 g/mol. The number of hydrogen-bond donors (Lipinski definition) is 1. The Bertz CT molecular complexity index is 678. The van der Waals surface area contributed by atoms with E-state index in [-0.39, 0.29) is 25.5 Å². The molecule has 0 aromatic heterocycles. The number of nitrogens with zero attached hydrogens (tertiary/aromatic N) is 6. The summed E-state index contributed by atoms with van der Waals surface area (Å²) in [6.07, 6.45) is 5.12. The highest BCUT2D eigenvalue weighted by Crippen LogP contribution is 2.31. The van der Waals surface area contributed by atoms with Crippen LogP contribution in [0, 0.1) is 5.82 Å². The molecule has 0 amide bonds. The quantitative estimate of drug-likeness (QED) is 0.391. The van der Waals surface area contributed by atoms with Gasteiger partial charge in [0.25, 0.3) is 0 Å². The van der Waals surface area contributed by atoms with Gasteiger partial charge in [0.15, 0.2) is 5.72 Å². The third-order valence-corrected chi connectivity index (χ3v) is 3.39. The number of guanidine groups is 1. The normalized spacial score (nSPS) is 21.0. The molecular formula is C15H17FN6O. The molecule has 2 rings (SSSR count). The van der Waals surface area contributed by atoms with E-state index in [4.69, 9.17) is 5.53 Å². The van der Waals surface area contributed by atoms with E-state index >= 15 is 0 Å². The Morgan fingerprint density at radius 2 is 2.22 bits per heavy atom. The first-order valence-electron chi connectivity index (χ1n) is 7.08. The Labute approximate surface area is 133 Å². The van der Waals surface area contributed by atoms with Gasteiger partial charge >= 0.3 is 0 Å². The van der Waals surface area contributed by atoms with E-state index in [0.29, 0.717) is 11.5 Å². The molecule has 120 valence electrons. The van der Waals surface area contributed by atoms with Gasteiger partial charge in [-0.2, -0.15) is 0 Å². The smallest absolute Gasteiger partial charge is 0.223 e. The standard InChI is InChI=1S/C15H17FN6O/c1-2-3-8-18-14-19-11-15(23,22(14)10-9-20-21-17)12-4-6-13(16)7-5-12/h2-8,23H,9-11H2,1H3/b3-2-,18-8?. The van der Waals surface area contributed by atoms with Crippen LogP contribution in [0.5, 0.6) is 0 Å². The van der Waals surface area contributed by atoms with Crippen LogP contribution in [-0.4, -0.2) is 41.8 Å². The number of halogens is 1. The molecule has 1 heterocycles. The average Bonchev–Trinajstić information content (AvgIpc) is 2.86. The lowest BCUT2D eigenvalue weighted by molar-refractivity contribution is -0.0546. The molecule has 1 aromatic rings. The van der Waals surface area contributed by atoms with Crippen molar-refractivity contribution in [3.8, 4) is 0 Å². The Hall–Kier alpha value is -2.70. The van der Waals surface area contributed by atoms with Crippen molar-refractivity contribution >= 4 is 12.2 Å². The van der Waals surface area contributed by atoms with Crippen molar-refractivity contribution in [3.05, 3.63) is 58.2 Å². The first-order chi connectivity index (χ1) is 11.1. The second-order valence-electron chi connectivity index (χ2n) is 4.85. The molecule has 0 bridgehead atoms. The summed E-state index contributed by atoms with van der Waals surface area (Å²) in [6, 6.07) is 5.56. The van der Waals surface area contributed by atoms with Crippen molar-refractivity contribution in [1.82, 2.24) is 4.90 Å². The van der Waals surface area contributed by atoms with Gasteiger partial charge in [0.2, 0.25) is 5.96 Å². The fourth-order valence-corrected chi connectivity index (χ4v) is 2.26. The third-order valence-electron chi connectivity index (χ3n) is 3.39. The third kappa shape index (κ3) is 3.74. The molecule has 1 N–H and O–H groups in total. The minimum atomic E-state index is -1.44. The summed E-state index contributed by atoms with van der Waals surface area (Å²) in [5.41, 5.74) is 7.48. The van der Waals surface area contributed by atoms with Gasteiger partial charge in [-0.25, -0.2) is 14.4 Å². The molecule has 8 heteroatoms. The number of aliphatic hydroxyl groups is 1. The summed E-state index contributed by atoms with van der Waals surface area (Å²) < 4.78 is 13.1. The van der Waals surface area contributed by atoms with Crippen LogP contribution < -0.4 is 0 Å². The maximum Gasteiger partial charge on any atom is 0.223 e. The van der Waals surface area contributed by atoms with Crippen molar-refractivity contribution in [1.29, 1.82) is 0 Å². The minimum Gasteiger partial charge on any atom is -0.365 e. The Morgan fingerprint density at radius 3 is 2.87 bits per heavy atom. The first-order valence-corrected chi connectivity index (χ1v) is 7.08. The molecule has 1 aromatic carbocycles. The number of aliphatic imine (C=N–C) groups is 2. The molecule has 0 radical (unpaired) electrons. The molecule has 0 saturated heterocycles. The van der Waals surface area contributed by atoms with Crippen LogP contribution in [0.3, 0.4) is 0 Å². The second kappa shape index (κ2) is 7.53. The lowest BCUT2D eigenvalue weighted by Gasteiger charge is -2.34. The minimum absolute atomic E-state index is 0.0669. The summed E-state index contributed by atoms with van der Waals surface area (Å²) in [5, 5.41) is 14.5. The summed E-state index contributed by atoms with van der Waals surface area (Å²) in [6.45, 7) is 2.32. The van der Waals surface area contributed by atoms with Crippen LogP contribution in [0.2, 0.25) is 0 Å². The van der Waals surface area contributed by atoms with Crippen LogP contribution in [0.4, 0.5) is 4.39 Å². The van der Waals surface area contributed by atoms with Gasteiger partial charge in [-0.3, -0.25) is 0 Å². The molecule has 1 aliphatic heterocycles. The zero-order valence-electron chi connectivity index (χ0n) is 12.7. The fraction of sp³-hybridized carbons (Fsp3) is 0.333. The summed E-state index contributed by atoms with van der Waals surface area (Å²) in [5.74, 6) is -0.0497. The van der Waals surface area contributed by atoms with Gasteiger partial charge in [-0.1, -0.05) is 23.3 Å². The van der Waals surface area contributed by atoms with Gasteiger partial charge < -0.3 is 10.0 Å². The Balaban J connectivity index is 2.30. The maximum atomic E-state index is 13.1. The highest BCUT2D eigenvalue weighted by molar-refractivity contribution is 5.92. The van der Waals surface area contributed by atoms with E-state index in [2.05, 4.69) is 20.0 Å². The summed E-state index contributed by atoms with van der Waals surface area (Å²) in [7, 11) is 0. The number of rotatable bonds is 5. The molecule has 1 aliphatic rings. The number of allylic oxidation sites excluding steroid dienone is 2. The Kier molecular flexibility index (Phi) is 5.46. The molecule has 1 atom stereocenters. The number of hydrogen-bond acceptors (Lipinski definition) is 5. The van der Waals surface area contributed by atoms with Crippen LogP contribution in [0.1, 0.15) is 12.5 Å². The summed E-state index contributed by atoms with van der Waals surface area (Å²) in [4.78, 5) is 12.7. The maximum absolute atomic E-state index is 13.1. The predicted octanol–water partition coefficient (Wildman–Crippen LogP) is 2.60. The molecular weight excluding hydrogens is 299 g/mol. The van der Waals surface area contributed by atoms with Crippen LogP contribution >= 0.6 is 0 Å². The molecule has 23 heavy (non-hydrogen) atoms. The van der Waals surface area contributed by atoms with Gasteiger partial charge in [-0.05, 0) is 30.7 Å². The van der Waals surface area contributed by atoms with E-state index < -0.39 is 5.72 Å². The van der Waals surface area contributed by atoms with E-state index in [0.717, 1.165) is 0 Å². The first kappa shape index (κ1) is 16.7. The zero-order valence-corrected chi connectivity index (χ0v) is 12.7. The fourth-order valence-electron chi connectivity index (χ4n) is 2.26. The molecule has 0 aliphatic carbocycles.